The van der Waals surface area contributed by atoms with Crippen LogP contribution in [0.4, 0.5) is 0 Å². The van der Waals surface area contributed by atoms with E-state index in [1.165, 1.54) is 11.1 Å². The molecular formula is C11H14. The molecule has 0 fully saturated rings. The maximum Gasteiger partial charge on any atom is -0.0228 e. The molecule has 1 aromatic rings. The summed E-state index contributed by atoms with van der Waals surface area (Å²) in [6.45, 7) is 4.23. The van der Waals surface area contributed by atoms with Gasteiger partial charge in [-0.05, 0) is 24.5 Å². The quantitative estimate of drug-likeness (QED) is 0.600. The van der Waals surface area contributed by atoms with Crippen LogP contribution in [0.1, 0.15) is 25.0 Å². The highest BCUT2D eigenvalue weighted by atomic mass is 14.0. The largest absolute Gasteiger partial charge is 0.0871 e. The van der Waals surface area contributed by atoms with Crippen molar-refractivity contribution in [1.82, 2.24) is 0 Å². The Morgan fingerprint density at radius 1 is 1.27 bits per heavy atom. The van der Waals surface area contributed by atoms with Crippen LogP contribution >= 0.6 is 0 Å². The second-order valence-corrected chi connectivity index (χ2v) is 2.55. The lowest BCUT2D eigenvalue weighted by molar-refractivity contribution is 1.13. The minimum Gasteiger partial charge on any atom is -0.0871 e. The standard InChI is InChI=1S/C11H14/c1-3-7-11-9-6-5-8-10(11)4-2/h3,5-9H,4H2,1-2H3/b7-3+. The van der Waals surface area contributed by atoms with Gasteiger partial charge in [-0.1, -0.05) is 43.3 Å². The van der Waals surface area contributed by atoms with Crippen LogP contribution in [0.5, 0.6) is 0 Å². The molecule has 58 valence electrons. The van der Waals surface area contributed by atoms with Crippen molar-refractivity contribution in [3.05, 3.63) is 41.5 Å². The van der Waals surface area contributed by atoms with Gasteiger partial charge in [0.05, 0.1) is 0 Å². The molecule has 0 saturated carbocycles. The second kappa shape index (κ2) is 3.97. The Labute approximate surface area is 68.6 Å². The first kappa shape index (κ1) is 8.06. The molecule has 11 heavy (non-hydrogen) atoms. The van der Waals surface area contributed by atoms with Gasteiger partial charge in [0, 0.05) is 0 Å². The van der Waals surface area contributed by atoms with Crippen LogP contribution in [0.2, 0.25) is 0 Å². The Morgan fingerprint density at radius 3 is 2.64 bits per heavy atom. The molecule has 1 rings (SSSR count). The Morgan fingerprint density at radius 2 is 2.00 bits per heavy atom. The number of hydrogen-bond donors (Lipinski definition) is 0. The van der Waals surface area contributed by atoms with Crippen LogP contribution in [0, 0.1) is 0 Å². The third-order valence-electron chi connectivity index (χ3n) is 1.78. The average Bonchev–Trinajstić information content (AvgIpc) is 2.06. The molecule has 0 N–H and O–H groups in total. The van der Waals surface area contributed by atoms with Crippen LogP contribution in [0.3, 0.4) is 0 Å². The third kappa shape index (κ3) is 1.94. The van der Waals surface area contributed by atoms with E-state index >= 15 is 0 Å². The van der Waals surface area contributed by atoms with Gasteiger partial charge in [0.2, 0.25) is 0 Å². The Hall–Kier alpha value is -1.04. The lowest BCUT2D eigenvalue weighted by atomic mass is 10.1. The van der Waals surface area contributed by atoms with Crippen molar-refractivity contribution in [3.8, 4) is 0 Å². The summed E-state index contributed by atoms with van der Waals surface area (Å²) in [5.74, 6) is 0. The van der Waals surface area contributed by atoms with Crippen LogP contribution in [0.25, 0.3) is 6.08 Å². The molecule has 0 saturated heterocycles. The zero-order chi connectivity index (χ0) is 8.10. The van der Waals surface area contributed by atoms with E-state index in [9.17, 15) is 0 Å². The molecule has 0 heteroatoms. The van der Waals surface area contributed by atoms with Crippen molar-refractivity contribution >= 4 is 6.08 Å². The van der Waals surface area contributed by atoms with E-state index in [0.29, 0.717) is 0 Å². The maximum absolute atomic E-state index is 2.18. The maximum atomic E-state index is 2.18. The number of benzene rings is 1. The fraction of sp³-hybridized carbons (Fsp3) is 0.273. The third-order valence-corrected chi connectivity index (χ3v) is 1.78. The van der Waals surface area contributed by atoms with Gasteiger partial charge in [0.1, 0.15) is 0 Å². The molecular weight excluding hydrogens is 132 g/mol. The minimum atomic E-state index is 1.11. The van der Waals surface area contributed by atoms with Gasteiger partial charge in [-0.25, -0.2) is 0 Å². The first-order valence-electron chi connectivity index (χ1n) is 4.09. The molecule has 0 heterocycles. The van der Waals surface area contributed by atoms with Crippen molar-refractivity contribution in [3.63, 3.8) is 0 Å². The van der Waals surface area contributed by atoms with Crippen LogP contribution in [-0.4, -0.2) is 0 Å². The van der Waals surface area contributed by atoms with Crippen LogP contribution in [0.15, 0.2) is 30.3 Å². The van der Waals surface area contributed by atoms with E-state index in [1.54, 1.807) is 0 Å². The molecule has 0 spiro atoms. The normalized spacial score (nSPS) is 10.7. The highest BCUT2D eigenvalue weighted by molar-refractivity contribution is 5.53. The fourth-order valence-corrected chi connectivity index (χ4v) is 1.20. The number of hydrogen-bond acceptors (Lipinski definition) is 0. The monoisotopic (exact) mass is 146 g/mol. The Kier molecular flexibility index (Phi) is 2.91. The Bertz CT molecular complexity index is 246. The molecule has 0 atom stereocenters. The predicted octanol–water partition coefficient (Wildman–Crippen LogP) is 3.28. The molecule has 0 aromatic heterocycles. The molecule has 0 unspecified atom stereocenters. The molecule has 1 aromatic carbocycles. The van der Waals surface area contributed by atoms with E-state index in [4.69, 9.17) is 0 Å². The summed E-state index contributed by atoms with van der Waals surface area (Å²) >= 11 is 0. The molecule has 0 bridgehead atoms. The Balaban J connectivity index is 3.02. The van der Waals surface area contributed by atoms with Gasteiger partial charge in [-0.2, -0.15) is 0 Å². The molecule has 0 nitrogen and oxygen atoms in total. The molecule has 0 radical (unpaired) electrons. The molecule has 0 aliphatic carbocycles. The van der Waals surface area contributed by atoms with E-state index in [0.717, 1.165) is 6.42 Å². The van der Waals surface area contributed by atoms with Gasteiger partial charge in [0.15, 0.2) is 0 Å². The smallest absolute Gasteiger partial charge is 0.0228 e. The minimum absolute atomic E-state index is 1.11. The van der Waals surface area contributed by atoms with Gasteiger partial charge >= 0.3 is 0 Å². The SMILES string of the molecule is C/C=C/c1ccccc1CC. The summed E-state index contributed by atoms with van der Waals surface area (Å²) in [5.41, 5.74) is 2.77. The first-order chi connectivity index (χ1) is 5.38. The highest BCUT2D eigenvalue weighted by Crippen LogP contribution is 2.10. The van der Waals surface area contributed by atoms with E-state index in [-0.39, 0.29) is 0 Å². The van der Waals surface area contributed by atoms with Gasteiger partial charge in [0.25, 0.3) is 0 Å². The first-order valence-corrected chi connectivity index (χ1v) is 4.09. The number of aryl methyl sites for hydroxylation is 1. The van der Waals surface area contributed by atoms with Gasteiger partial charge < -0.3 is 0 Å². The van der Waals surface area contributed by atoms with E-state index in [1.807, 2.05) is 6.92 Å². The lowest BCUT2D eigenvalue weighted by Crippen LogP contribution is -1.83. The highest BCUT2D eigenvalue weighted by Gasteiger charge is 1.92. The zero-order valence-electron chi connectivity index (χ0n) is 7.17. The molecule has 0 aliphatic heterocycles. The summed E-state index contributed by atoms with van der Waals surface area (Å²) in [5, 5.41) is 0. The molecule has 0 amide bonds. The lowest BCUT2D eigenvalue weighted by Gasteiger charge is -2.00. The van der Waals surface area contributed by atoms with Crippen molar-refractivity contribution in [2.45, 2.75) is 20.3 Å². The van der Waals surface area contributed by atoms with Crippen molar-refractivity contribution in [2.75, 3.05) is 0 Å². The summed E-state index contributed by atoms with van der Waals surface area (Å²) < 4.78 is 0. The van der Waals surface area contributed by atoms with Crippen LogP contribution in [-0.2, 0) is 6.42 Å². The number of allylic oxidation sites excluding steroid dienone is 1. The summed E-state index contributed by atoms with van der Waals surface area (Å²) in [4.78, 5) is 0. The van der Waals surface area contributed by atoms with Gasteiger partial charge in [-0.15, -0.1) is 0 Å². The van der Waals surface area contributed by atoms with Gasteiger partial charge in [-0.3, -0.25) is 0 Å². The summed E-state index contributed by atoms with van der Waals surface area (Å²) in [6, 6.07) is 8.49. The van der Waals surface area contributed by atoms with Crippen LogP contribution < -0.4 is 0 Å². The zero-order valence-corrected chi connectivity index (χ0v) is 7.17. The topological polar surface area (TPSA) is 0 Å². The van der Waals surface area contributed by atoms with Crippen molar-refractivity contribution in [2.24, 2.45) is 0 Å². The summed E-state index contributed by atoms with van der Waals surface area (Å²) in [7, 11) is 0. The van der Waals surface area contributed by atoms with Crippen molar-refractivity contribution in [1.29, 1.82) is 0 Å². The second-order valence-electron chi connectivity index (χ2n) is 2.55. The number of rotatable bonds is 2. The molecule has 0 aliphatic rings. The average molecular weight is 146 g/mol. The van der Waals surface area contributed by atoms with Crippen molar-refractivity contribution < 1.29 is 0 Å². The van der Waals surface area contributed by atoms with E-state index in [2.05, 4.69) is 43.3 Å². The predicted molar refractivity (Wildman–Crippen MR) is 50.5 cm³/mol. The summed E-state index contributed by atoms with van der Waals surface area (Å²) in [6.07, 6.45) is 5.34. The fourth-order valence-electron chi connectivity index (χ4n) is 1.20. The van der Waals surface area contributed by atoms with E-state index < -0.39 is 0 Å².